The summed E-state index contributed by atoms with van der Waals surface area (Å²) in [5.41, 5.74) is 1.57. The molecule has 0 saturated carbocycles. The van der Waals surface area contributed by atoms with E-state index < -0.39 is 0 Å². The number of nitrogens with zero attached hydrogens (tertiary/aromatic N) is 3. The van der Waals surface area contributed by atoms with E-state index in [4.69, 9.17) is 11.6 Å². The van der Waals surface area contributed by atoms with Gasteiger partial charge in [-0.05, 0) is 24.3 Å². The lowest BCUT2D eigenvalue weighted by atomic mass is 10.3. The van der Waals surface area contributed by atoms with Crippen molar-refractivity contribution >= 4 is 22.6 Å². The third-order valence-electron chi connectivity index (χ3n) is 2.54. The number of benzene rings is 2. The third-order valence-corrected chi connectivity index (χ3v) is 2.84. The van der Waals surface area contributed by atoms with E-state index >= 15 is 0 Å². The van der Waals surface area contributed by atoms with Crippen LogP contribution in [0, 0.1) is 0 Å². The van der Waals surface area contributed by atoms with Gasteiger partial charge < -0.3 is 10.2 Å². The van der Waals surface area contributed by atoms with E-state index in [-0.39, 0.29) is 11.5 Å². The lowest BCUT2D eigenvalue weighted by Gasteiger charge is -2.02. The summed E-state index contributed by atoms with van der Waals surface area (Å²) >= 11 is 6.00. The zero-order valence-electron chi connectivity index (χ0n) is 9.08. The first-order chi connectivity index (χ1) is 8.65. The summed E-state index contributed by atoms with van der Waals surface area (Å²) in [4.78, 5) is 1.28. The van der Waals surface area contributed by atoms with Gasteiger partial charge in [0.25, 0.3) is 0 Å². The smallest absolute Gasteiger partial charge is 0.146 e. The van der Waals surface area contributed by atoms with E-state index in [1.165, 1.54) is 23.0 Å². The van der Waals surface area contributed by atoms with Crippen LogP contribution in [0.1, 0.15) is 0 Å². The van der Waals surface area contributed by atoms with Crippen LogP contribution < -0.4 is 0 Å². The highest BCUT2D eigenvalue weighted by Gasteiger charge is 2.10. The van der Waals surface area contributed by atoms with Gasteiger partial charge in [-0.3, -0.25) is 0 Å². The number of phenolic OH excluding ortho intramolecular Hbond substituents is 2. The SMILES string of the molecule is Oc1ccc(-n2nc3cccc(Cl)c3n2)c(O)c1. The molecule has 0 aliphatic carbocycles. The molecular weight excluding hydrogens is 254 g/mol. The maximum absolute atomic E-state index is 9.75. The minimum absolute atomic E-state index is 0.0222. The van der Waals surface area contributed by atoms with E-state index in [1.807, 2.05) is 0 Å². The Hall–Kier alpha value is -2.27. The first-order valence-corrected chi connectivity index (χ1v) is 5.57. The fourth-order valence-electron chi connectivity index (χ4n) is 1.69. The molecule has 0 bridgehead atoms. The Labute approximate surface area is 107 Å². The van der Waals surface area contributed by atoms with Crippen molar-refractivity contribution < 1.29 is 10.2 Å². The van der Waals surface area contributed by atoms with Gasteiger partial charge in [0.15, 0.2) is 0 Å². The summed E-state index contributed by atoms with van der Waals surface area (Å²) in [6.07, 6.45) is 0. The Kier molecular flexibility index (Phi) is 2.34. The fraction of sp³-hybridized carbons (Fsp3) is 0. The number of aromatic nitrogens is 3. The number of halogens is 1. The van der Waals surface area contributed by atoms with Crippen molar-refractivity contribution in [2.24, 2.45) is 0 Å². The Morgan fingerprint density at radius 3 is 2.61 bits per heavy atom. The van der Waals surface area contributed by atoms with Crippen LogP contribution in [0.15, 0.2) is 36.4 Å². The van der Waals surface area contributed by atoms with Crippen molar-refractivity contribution in [3.63, 3.8) is 0 Å². The summed E-state index contributed by atoms with van der Waals surface area (Å²) in [6.45, 7) is 0. The van der Waals surface area contributed by atoms with Gasteiger partial charge in [0, 0.05) is 6.07 Å². The van der Waals surface area contributed by atoms with E-state index in [0.29, 0.717) is 21.7 Å². The second-order valence-corrected chi connectivity index (χ2v) is 4.18. The molecule has 0 aliphatic heterocycles. The molecule has 3 rings (SSSR count). The maximum atomic E-state index is 9.75. The topological polar surface area (TPSA) is 71.2 Å². The lowest BCUT2D eigenvalue weighted by molar-refractivity contribution is 0.446. The number of rotatable bonds is 1. The Morgan fingerprint density at radius 2 is 1.89 bits per heavy atom. The number of hydrogen-bond donors (Lipinski definition) is 2. The van der Waals surface area contributed by atoms with Gasteiger partial charge >= 0.3 is 0 Å². The van der Waals surface area contributed by atoms with Gasteiger partial charge in [-0.25, -0.2) is 0 Å². The maximum Gasteiger partial charge on any atom is 0.146 e. The number of fused-ring (bicyclic) bond motifs is 1. The third kappa shape index (κ3) is 1.65. The zero-order valence-corrected chi connectivity index (χ0v) is 9.83. The average Bonchev–Trinajstić information content (AvgIpc) is 2.74. The molecule has 6 heteroatoms. The highest BCUT2D eigenvalue weighted by Crippen LogP contribution is 2.27. The second kappa shape index (κ2) is 3.89. The van der Waals surface area contributed by atoms with Crippen LogP contribution in [-0.4, -0.2) is 25.2 Å². The van der Waals surface area contributed by atoms with Crippen molar-refractivity contribution in [2.75, 3.05) is 0 Å². The molecule has 0 unspecified atom stereocenters. The van der Waals surface area contributed by atoms with Crippen LogP contribution in [0.4, 0.5) is 0 Å². The molecule has 3 aromatic rings. The van der Waals surface area contributed by atoms with Crippen LogP contribution in [0.3, 0.4) is 0 Å². The molecule has 90 valence electrons. The molecule has 2 aromatic carbocycles. The first kappa shape index (κ1) is 10.9. The Morgan fingerprint density at radius 1 is 1.06 bits per heavy atom. The standard InChI is InChI=1S/C12H8ClN3O2/c13-8-2-1-3-9-12(8)15-16(14-9)10-5-4-7(17)6-11(10)18/h1-6,17-18H. The van der Waals surface area contributed by atoms with Crippen LogP contribution in [0.5, 0.6) is 11.5 Å². The molecule has 1 aromatic heterocycles. The molecule has 0 amide bonds. The molecule has 0 aliphatic rings. The van der Waals surface area contributed by atoms with E-state index in [9.17, 15) is 10.2 Å². The normalized spacial score (nSPS) is 10.9. The van der Waals surface area contributed by atoms with Crippen molar-refractivity contribution in [3.8, 4) is 17.2 Å². The quantitative estimate of drug-likeness (QED) is 0.706. The van der Waals surface area contributed by atoms with Gasteiger partial charge in [0.1, 0.15) is 28.2 Å². The van der Waals surface area contributed by atoms with Gasteiger partial charge in [-0.1, -0.05) is 17.7 Å². The van der Waals surface area contributed by atoms with E-state index in [2.05, 4.69) is 10.2 Å². The summed E-state index contributed by atoms with van der Waals surface area (Å²) in [5.74, 6) is -0.127. The molecule has 18 heavy (non-hydrogen) atoms. The second-order valence-electron chi connectivity index (χ2n) is 3.77. The predicted octanol–water partition coefficient (Wildman–Crippen LogP) is 2.49. The molecule has 0 spiro atoms. The monoisotopic (exact) mass is 261 g/mol. The fourth-order valence-corrected chi connectivity index (χ4v) is 1.90. The van der Waals surface area contributed by atoms with Crippen molar-refractivity contribution in [3.05, 3.63) is 41.4 Å². The van der Waals surface area contributed by atoms with Gasteiger partial charge in [-0.15, -0.1) is 15.0 Å². The average molecular weight is 262 g/mol. The lowest BCUT2D eigenvalue weighted by Crippen LogP contribution is -1.98. The molecule has 1 heterocycles. The van der Waals surface area contributed by atoms with Crippen LogP contribution >= 0.6 is 11.6 Å². The summed E-state index contributed by atoms with van der Waals surface area (Å²) in [6, 6.07) is 9.48. The van der Waals surface area contributed by atoms with E-state index in [0.717, 1.165) is 0 Å². The van der Waals surface area contributed by atoms with Crippen molar-refractivity contribution in [2.45, 2.75) is 0 Å². The molecule has 0 radical (unpaired) electrons. The van der Waals surface area contributed by atoms with Crippen LogP contribution in [0.2, 0.25) is 5.02 Å². The summed E-state index contributed by atoms with van der Waals surface area (Å²) in [7, 11) is 0. The minimum atomic E-state index is -0.105. The summed E-state index contributed by atoms with van der Waals surface area (Å²) in [5, 5.41) is 27.9. The van der Waals surface area contributed by atoms with Gasteiger partial charge in [0.05, 0.1) is 5.02 Å². The largest absolute Gasteiger partial charge is 0.508 e. The highest BCUT2D eigenvalue weighted by molar-refractivity contribution is 6.34. The van der Waals surface area contributed by atoms with E-state index in [1.54, 1.807) is 18.2 Å². The molecule has 2 N–H and O–H groups in total. The number of aromatic hydroxyl groups is 2. The highest BCUT2D eigenvalue weighted by atomic mass is 35.5. The molecular formula is C12H8ClN3O2. The predicted molar refractivity (Wildman–Crippen MR) is 67.2 cm³/mol. The van der Waals surface area contributed by atoms with Gasteiger partial charge in [-0.2, -0.15) is 0 Å². The number of phenols is 2. The molecule has 5 nitrogen and oxygen atoms in total. The molecule has 0 saturated heterocycles. The minimum Gasteiger partial charge on any atom is -0.508 e. The Bertz CT molecular complexity index is 739. The van der Waals surface area contributed by atoms with Crippen molar-refractivity contribution in [1.29, 1.82) is 0 Å². The first-order valence-electron chi connectivity index (χ1n) is 5.19. The molecule has 0 atom stereocenters. The van der Waals surface area contributed by atoms with Crippen LogP contribution in [-0.2, 0) is 0 Å². The number of hydrogen-bond acceptors (Lipinski definition) is 4. The molecule has 0 fully saturated rings. The van der Waals surface area contributed by atoms with Crippen LogP contribution in [0.25, 0.3) is 16.7 Å². The zero-order chi connectivity index (χ0) is 12.7. The Balaban J connectivity index is 2.23. The summed E-state index contributed by atoms with van der Waals surface area (Å²) < 4.78 is 0. The van der Waals surface area contributed by atoms with Crippen molar-refractivity contribution in [1.82, 2.24) is 15.0 Å². The van der Waals surface area contributed by atoms with Gasteiger partial charge in [0.2, 0.25) is 0 Å².